The zero-order valence-corrected chi connectivity index (χ0v) is 11.8. The highest BCUT2D eigenvalue weighted by molar-refractivity contribution is 5.91. The molecule has 2 aromatic carbocycles. The average molecular weight is 283 g/mol. The molecule has 2 nitrogen and oxygen atoms in total. The molecular weight excluding hydrogens is 265 g/mol. The maximum atomic E-state index is 13.9. The second-order valence-corrected chi connectivity index (χ2v) is 5.55. The molecule has 1 aliphatic carbocycles. The average Bonchev–Trinajstić information content (AvgIpc) is 3.30. The van der Waals surface area contributed by atoms with Crippen molar-refractivity contribution >= 4 is 5.91 Å². The first-order valence-electron chi connectivity index (χ1n) is 7.30. The number of hydrogen-bond acceptors (Lipinski definition) is 1. The van der Waals surface area contributed by atoms with Gasteiger partial charge in [0.15, 0.2) is 0 Å². The Labute approximate surface area is 124 Å². The summed E-state index contributed by atoms with van der Waals surface area (Å²) in [6.45, 7) is 0.582. The van der Waals surface area contributed by atoms with Crippen LogP contribution in [-0.4, -0.2) is 12.5 Å². The van der Waals surface area contributed by atoms with Crippen LogP contribution >= 0.6 is 0 Å². The molecule has 1 saturated carbocycles. The minimum atomic E-state index is -0.637. The van der Waals surface area contributed by atoms with Crippen LogP contribution in [0.3, 0.4) is 0 Å². The van der Waals surface area contributed by atoms with Gasteiger partial charge in [0.05, 0.1) is 5.41 Å². The Morgan fingerprint density at radius 3 is 2.38 bits per heavy atom. The van der Waals surface area contributed by atoms with E-state index in [1.54, 1.807) is 18.2 Å². The Bertz CT molecular complexity index is 635. The molecule has 108 valence electrons. The van der Waals surface area contributed by atoms with Crippen molar-refractivity contribution in [3.8, 4) is 0 Å². The Morgan fingerprint density at radius 2 is 1.71 bits per heavy atom. The van der Waals surface area contributed by atoms with Crippen molar-refractivity contribution in [3.05, 3.63) is 71.5 Å². The van der Waals surface area contributed by atoms with Gasteiger partial charge in [0.25, 0.3) is 0 Å². The number of amides is 1. The van der Waals surface area contributed by atoms with Crippen molar-refractivity contribution in [3.63, 3.8) is 0 Å². The summed E-state index contributed by atoms with van der Waals surface area (Å²) in [6.07, 6.45) is 2.25. The molecule has 0 aliphatic heterocycles. The number of halogens is 1. The van der Waals surface area contributed by atoms with Gasteiger partial charge in [-0.3, -0.25) is 4.79 Å². The number of nitrogens with one attached hydrogen (secondary N) is 1. The summed E-state index contributed by atoms with van der Waals surface area (Å²) in [5.74, 6) is -0.336. The maximum Gasteiger partial charge on any atom is 0.230 e. The molecule has 2 aromatic rings. The summed E-state index contributed by atoms with van der Waals surface area (Å²) in [7, 11) is 0. The largest absolute Gasteiger partial charge is 0.355 e. The molecule has 0 bridgehead atoms. The molecule has 0 saturated heterocycles. The van der Waals surface area contributed by atoms with E-state index in [2.05, 4.69) is 5.32 Å². The van der Waals surface area contributed by atoms with Crippen molar-refractivity contribution in [2.24, 2.45) is 0 Å². The monoisotopic (exact) mass is 283 g/mol. The minimum absolute atomic E-state index is 0.0523. The van der Waals surface area contributed by atoms with E-state index in [0.29, 0.717) is 12.1 Å². The number of carbonyl (C=O) groups is 1. The normalized spacial score (nSPS) is 15.5. The van der Waals surface area contributed by atoms with E-state index in [4.69, 9.17) is 0 Å². The quantitative estimate of drug-likeness (QED) is 0.897. The highest BCUT2D eigenvalue weighted by Crippen LogP contribution is 2.49. The van der Waals surface area contributed by atoms with E-state index in [9.17, 15) is 9.18 Å². The van der Waals surface area contributed by atoms with E-state index >= 15 is 0 Å². The molecule has 0 spiro atoms. The van der Waals surface area contributed by atoms with Gasteiger partial charge in [0.2, 0.25) is 5.91 Å². The van der Waals surface area contributed by atoms with Crippen LogP contribution in [0.2, 0.25) is 0 Å². The Balaban J connectivity index is 1.62. The molecule has 3 rings (SSSR count). The van der Waals surface area contributed by atoms with E-state index in [1.807, 2.05) is 30.3 Å². The summed E-state index contributed by atoms with van der Waals surface area (Å²) < 4.78 is 13.9. The van der Waals surface area contributed by atoms with Crippen LogP contribution in [-0.2, 0) is 16.6 Å². The van der Waals surface area contributed by atoms with Crippen molar-refractivity contribution in [2.75, 3.05) is 6.54 Å². The number of rotatable bonds is 5. The van der Waals surface area contributed by atoms with Gasteiger partial charge in [-0.15, -0.1) is 0 Å². The van der Waals surface area contributed by atoms with Gasteiger partial charge < -0.3 is 5.32 Å². The van der Waals surface area contributed by atoms with E-state index < -0.39 is 5.41 Å². The fraction of sp³-hybridized carbons (Fsp3) is 0.278. The van der Waals surface area contributed by atoms with Gasteiger partial charge in [-0.25, -0.2) is 4.39 Å². The second-order valence-electron chi connectivity index (χ2n) is 5.55. The molecular formula is C18H18FNO. The predicted molar refractivity (Wildman–Crippen MR) is 80.5 cm³/mol. The molecule has 1 fully saturated rings. The SMILES string of the molecule is O=C(NCCc1ccccc1)C1(c2ccccc2F)CC1. The minimum Gasteiger partial charge on any atom is -0.355 e. The highest BCUT2D eigenvalue weighted by Gasteiger charge is 2.52. The molecule has 0 radical (unpaired) electrons. The topological polar surface area (TPSA) is 29.1 Å². The van der Waals surface area contributed by atoms with Crippen LogP contribution in [0.5, 0.6) is 0 Å². The summed E-state index contributed by atoms with van der Waals surface area (Å²) in [4.78, 5) is 12.4. The molecule has 1 aliphatic rings. The van der Waals surface area contributed by atoms with Crippen molar-refractivity contribution in [1.29, 1.82) is 0 Å². The predicted octanol–water partition coefficient (Wildman–Crippen LogP) is 3.22. The van der Waals surface area contributed by atoms with Crippen LogP contribution in [0.25, 0.3) is 0 Å². The molecule has 3 heteroatoms. The van der Waals surface area contributed by atoms with Crippen LogP contribution < -0.4 is 5.32 Å². The Morgan fingerprint density at radius 1 is 1.05 bits per heavy atom. The van der Waals surface area contributed by atoms with Gasteiger partial charge in [0, 0.05) is 12.1 Å². The third kappa shape index (κ3) is 2.82. The van der Waals surface area contributed by atoms with Gasteiger partial charge in [-0.05, 0) is 30.9 Å². The fourth-order valence-electron chi connectivity index (χ4n) is 2.73. The maximum absolute atomic E-state index is 13.9. The van der Waals surface area contributed by atoms with E-state index in [1.165, 1.54) is 11.6 Å². The molecule has 0 atom stereocenters. The lowest BCUT2D eigenvalue weighted by molar-refractivity contribution is -0.123. The lowest BCUT2D eigenvalue weighted by Gasteiger charge is -2.16. The zero-order chi connectivity index (χ0) is 14.7. The number of carbonyl (C=O) groups excluding carboxylic acids is 1. The van der Waals surface area contributed by atoms with Gasteiger partial charge in [-0.2, -0.15) is 0 Å². The Kier molecular flexibility index (Phi) is 3.74. The molecule has 21 heavy (non-hydrogen) atoms. The molecule has 0 unspecified atom stereocenters. The summed E-state index contributed by atoms with van der Waals surface area (Å²) in [6, 6.07) is 16.6. The molecule has 1 amide bonds. The third-order valence-corrected chi connectivity index (χ3v) is 4.12. The number of hydrogen-bond donors (Lipinski definition) is 1. The first-order chi connectivity index (χ1) is 10.2. The van der Waals surface area contributed by atoms with Crippen molar-refractivity contribution < 1.29 is 9.18 Å². The second kappa shape index (κ2) is 5.68. The van der Waals surface area contributed by atoms with Crippen LogP contribution in [0, 0.1) is 5.82 Å². The third-order valence-electron chi connectivity index (χ3n) is 4.12. The van der Waals surface area contributed by atoms with Gasteiger partial charge in [0.1, 0.15) is 5.82 Å². The number of benzene rings is 2. The van der Waals surface area contributed by atoms with E-state index in [-0.39, 0.29) is 11.7 Å². The van der Waals surface area contributed by atoms with Gasteiger partial charge in [-0.1, -0.05) is 48.5 Å². The van der Waals surface area contributed by atoms with Crippen LogP contribution in [0.15, 0.2) is 54.6 Å². The van der Waals surface area contributed by atoms with Crippen molar-refractivity contribution in [1.82, 2.24) is 5.32 Å². The first kappa shape index (κ1) is 13.8. The summed E-state index contributed by atoms with van der Waals surface area (Å²) >= 11 is 0. The Hall–Kier alpha value is -2.16. The molecule has 1 N–H and O–H groups in total. The fourth-order valence-corrected chi connectivity index (χ4v) is 2.73. The highest BCUT2D eigenvalue weighted by atomic mass is 19.1. The molecule has 0 heterocycles. The smallest absolute Gasteiger partial charge is 0.230 e. The molecule has 0 aromatic heterocycles. The summed E-state index contributed by atoms with van der Waals surface area (Å²) in [5.41, 5.74) is 1.08. The van der Waals surface area contributed by atoms with Gasteiger partial charge >= 0.3 is 0 Å². The lowest BCUT2D eigenvalue weighted by Crippen LogP contribution is -2.36. The van der Waals surface area contributed by atoms with Crippen molar-refractivity contribution in [2.45, 2.75) is 24.7 Å². The zero-order valence-electron chi connectivity index (χ0n) is 11.8. The van der Waals surface area contributed by atoms with E-state index in [0.717, 1.165) is 19.3 Å². The standard InChI is InChI=1S/C18H18FNO/c19-16-9-5-4-8-15(16)18(11-12-18)17(21)20-13-10-14-6-2-1-3-7-14/h1-9H,10-13H2,(H,20,21). The van der Waals surface area contributed by atoms with Crippen LogP contribution in [0.4, 0.5) is 4.39 Å². The first-order valence-corrected chi connectivity index (χ1v) is 7.30. The lowest BCUT2D eigenvalue weighted by atomic mass is 9.94. The van der Waals surface area contributed by atoms with Crippen LogP contribution in [0.1, 0.15) is 24.0 Å². The summed E-state index contributed by atoms with van der Waals surface area (Å²) in [5, 5.41) is 2.95.